The van der Waals surface area contributed by atoms with Crippen LogP contribution in [0.15, 0.2) is 54.7 Å². The second kappa shape index (κ2) is 8.92. The molecule has 26 heavy (non-hydrogen) atoms. The molecule has 134 valence electrons. The van der Waals surface area contributed by atoms with Gasteiger partial charge in [-0.3, -0.25) is 4.79 Å². The number of anilines is 1. The number of aromatic nitrogens is 3. The number of allylic oxidation sites excluding steroid dienone is 1. The molecule has 6 heteroatoms. The van der Waals surface area contributed by atoms with Crippen molar-refractivity contribution in [3.63, 3.8) is 0 Å². The van der Waals surface area contributed by atoms with Gasteiger partial charge in [0.05, 0.1) is 17.8 Å². The van der Waals surface area contributed by atoms with Gasteiger partial charge in [0.2, 0.25) is 5.91 Å². The molecular formula is C20H22N4O2. The number of carbonyl (C=O) groups is 1. The maximum atomic E-state index is 12.2. The van der Waals surface area contributed by atoms with E-state index in [2.05, 4.69) is 33.3 Å². The molecule has 0 saturated carbocycles. The monoisotopic (exact) mass is 350 g/mol. The van der Waals surface area contributed by atoms with Crippen LogP contribution in [-0.4, -0.2) is 34.1 Å². The molecule has 2 aromatic heterocycles. The van der Waals surface area contributed by atoms with Crippen LogP contribution in [0.3, 0.4) is 0 Å². The zero-order valence-corrected chi connectivity index (χ0v) is 14.7. The minimum absolute atomic E-state index is 0.00643. The SMILES string of the molecule is CCC/C=C/COCC(=O)Nc1ccccc1-c1nc2ncccc2[nH]1. The molecule has 2 heterocycles. The highest BCUT2D eigenvalue weighted by atomic mass is 16.5. The molecule has 0 radical (unpaired) electrons. The van der Waals surface area contributed by atoms with E-state index in [0.717, 1.165) is 23.9 Å². The molecule has 6 nitrogen and oxygen atoms in total. The summed E-state index contributed by atoms with van der Waals surface area (Å²) < 4.78 is 5.38. The Morgan fingerprint density at radius 3 is 2.96 bits per heavy atom. The third kappa shape index (κ3) is 4.55. The second-order valence-electron chi connectivity index (χ2n) is 5.83. The number of imidazole rings is 1. The quantitative estimate of drug-likeness (QED) is 0.476. The molecule has 0 bridgehead atoms. The first-order chi connectivity index (χ1) is 12.8. The van der Waals surface area contributed by atoms with E-state index in [4.69, 9.17) is 4.74 Å². The van der Waals surface area contributed by atoms with Crippen molar-refractivity contribution in [2.24, 2.45) is 0 Å². The Balaban J connectivity index is 1.66. The van der Waals surface area contributed by atoms with Crippen molar-refractivity contribution in [1.29, 1.82) is 0 Å². The molecular weight excluding hydrogens is 328 g/mol. The molecule has 3 rings (SSSR count). The lowest BCUT2D eigenvalue weighted by Crippen LogP contribution is -2.18. The number of fused-ring (bicyclic) bond motifs is 1. The number of hydrogen-bond acceptors (Lipinski definition) is 4. The summed E-state index contributed by atoms with van der Waals surface area (Å²) in [4.78, 5) is 24.1. The van der Waals surface area contributed by atoms with Gasteiger partial charge >= 0.3 is 0 Å². The lowest BCUT2D eigenvalue weighted by atomic mass is 10.1. The van der Waals surface area contributed by atoms with Crippen LogP contribution in [-0.2, 0) is 9.53 Å². The number of aromatic amines is 1. The van der Waals surface area contributed by atoms with E-state index < -0.39 is 0 Å². The first-order valence-electron chi connectivity index (χ1n) is 8.70. The molecule has 3 aromatic rings. The van der Waals surface area contributed by atoms with Crippen LogP contribution in [0.4, 0.5) is 5.69 Å². The Labute approximate surface area is 152 Å². The third-order valence-electron chi connectivity index (χ3n) is 3.78. The number of amides is 1. The molecule has 0 aliphatic carbocycles. The third-order valence-corrected chi connectivity index (χ3v) is 3.78. The Morgan fingerprint density at radius 2 is 2.12 bits per heavy atom. The number of ether oxygens (including phenoxy) is 1. The molecule has 0 aliphatic heterocycles. The van der Waals surface area contributed by atoms with Crippen LogP contribution >= 0.6 is 0 Å². The molecule has 2 N–H and O–H groups in total. The first kappa shape index (κ1) is 17.8. The van der Waals surface area contributed by atoms with Gasteiger partial charge in [-0.2, -0.15) is 0 Å². The smallest absolute Gasteiger partial charge is 0.250 e. The summed E-state index contributed by atoms with van der Waals surface area (Å²) in [6.45, 7) is 2.56. The number of nitrogens with one attached hydrogen (secondary N) is 2. The maximum absolute atomic E-state index is 12.2. The van der Waals surface area contributed by atoms with Crippen molar-refractivity contribution in [1.82, 2.24) is 15.0 Å². The van der Waals surface area contributed by atoms with Gasteiger partial charge in [0, 0.05) is 11.8 Å². The molecule has 0 spiro atoms. The van der Waals surface area contributed by atoms with Gasteiger partial charge < -0.3 is 15.0 Å². The number of rotatable bonds is 8. The molecule has 0 fully saturated rings. The maximum Gasteiger partial charge on any atom is 0.250 e. The fraction of sp³-hybridized carbons (Fsp3) is 0.250. The number of nitrogens with zero attached hydrogens (tertiary/aromatic N) is 2. The Bertz CT molecular complexity index is 868. The van der Waals surface area contributed by atoms with Crippen molar-refractivity contribution < 1.29 is 9.53 Å². The lowest BCUT2D eigenvalue weighted by molar-refractivity contribution is -0.120. The summed E-state index contributed by atoms with van der Waals surface area (Å²) >= 11 is 0. The number of para-hydroxylation sites is 1. The summed E-state index contributed by atoms with van der Waals surface area (Å²) in [5.74, 6) is 0.466. The highest BCUT2D eigenvalue weighted by Gasteiger charge is 2.12. The molecule has 1 amide bonds. The summed E-state index contributed by atoms with van der Waals surface area (Å²) in [7, 11) is 0. The van der Waals surface area contributed by atoms with Crippen molar-refractivity contribution >= 4 is 22.8 Å². The topological polar surface area (TPSA) is 79.9 Å². The van der Waals surface area contributed by atoms with Crippen LogP contribution in [0, 0.1) is 0 Å². The van der Waals surface area contributed by atoms with E-state index >= 15 is 0 Å². The highest BCUT2D eigenvalue weighted by Crippen LogP contribution is 2.26. The van der Waals surface area contributed by atoms with Crippen LogP contribution in [0.1, 0.15) is 19.8 Å². The summed E-state index contributed by atoms with van der Waals surface area (Å²) in [5, 5.41) is 2.89. The van der Waals surface area contributed by atoms with Gasteiger partial charge in [-0.25, -0.2) is 9.97 Å². The fourth-order valence-electron chi connectivity index (χ4n) is 2.53. The van der Waals surface area contributed by atoms with Crippen molar-refractivity contribution in [2.45, 2.75) is 19.8 Å². The number of hydrogen-bond donors (Lipinski definition) is 2. The van der Waals surface area contributed by atoms with Gasteiger partial charge in [-0.15, -0.1) is 0 Å². The van der Waals surface area contributed by atoms with E-state index in [9.17, 15) is 4.79 Å². The van der Waals surface area contributed by atoms with Gasteiger partial charge in [0.25, 0.3) is 0 Å². The Morgan fingerprint density at radius 1 is 1.23 bits per heavy atom. The van der Waals surface area contributed by atoms with Crippen molar-refractivity contribution in [2.75, 3.05) is 18.5 Å². The minimum Gasteiger partial charge on any atom is -0.368 e. The van der Waals surface area contributed by atoms with E-state index in [1.54, 1.807) is 6.20 Å². The van der Waals surface area contributed by atoms with Crippen LogP contribution < -0.4 is 5.32 Å². The molecule has 0 saturated heterocycles. The van der Waals surface area contributed by atoms with Gasteiger partial charge in [-0.05, 0) is 30.7 Å². The predicted octanol–water partition coefficient (Wildman–Crippen LogP) is 3.94. The average Bonchev–Trinajstić information content (AvgIpc) is 3.09. The van der Waals surface area contributed by atoms with Crippen LogP contribution in [0.2, 0.25) is 0 Å². The van der Waals surface area contributed by atoms with E-state index in [-0.39, 0.29) is 12.5 Å². The zero-order valence-electron chi connectivity index (χ0n) is 14.7. The zero-order chi connectivity index (χ0) is 18.2. The summed E-state index contributed by atoms with van der Waals surface area (Å²) in [5.41, 5.74) is 2.99. The first-order valence-corrected chi connectivity index (χ1v) is 8.70. The van der Waals surface area contributed by atoms with Crippen LogP contribution in [0.25, 0.3) is 22.6 Å². The second-order valence-corrected chi connectivity index (χ2v) is 5.83. The number of carbonyl (C=O) groups excluding carboxylic acids is 1. The van der Waals surface area contributed by atoms with E-state index in [0.29, 0.717) is 23.8 Å². The molecule has 0 atom stereocenters. The van der Waals surface area contributed by atoms with Gasteiger partial charge in [-0.1, -0.05) is 37.6 Å². The number of benzene rings is 1. The average molecular weight is 350 g/mol. The molecule has 0 unspecified atom stereocenters. The predicted molar refractivity (Wildman–Crippen MR) is 103 cm³/mol. The van der Waals surface area contributed by atoms with Crippen molar-refractivity contribution in [3.05, 3.63) is 54.7 Å². The molecule has 0 aliphatic rings. The van der Waals surface area contributed by atoms with Crippen LogP contribution in [0.5, 0.6) is 0 Å². The highest BCUT2D eigenvalue weighted by molar-refractivity contribution is 5.96. The Hall–Kier alpha value is -2.99. The largest absolute Gasteiger partial charge is 0.368 e. The lowest BCUT2D eigenvalue weighted by Gasteiger charge is -2.09. The number of H-pyrrole nitrogens is 1. The standard InChI is InChI=1S/C20H22N4O2/c1-2-3-4-7-13-26-14-18(25)22-16-10-6-5-9-15(16)19-23-17-11-8-12-21-20(17)24-19/h4-12H,2-3,13-14H2,1H3,(H,22,25)(H,21,23,24)/b7-4+. The number of unbranched alkanes of at least 4 members (excludes halogenated alkanes) is 1. The number of pyridine rings is 1. The normalized spacial score (nSPS) is 11.3. The minimum atomic E-state index is -0.199. The molecule has 1 aromatic carbocycles. The summed E-state index contributed by atoms with van der Waals surface area (Å²) in [6, 6.07) is 11.3. The van der Waals surface area contributed by atoms with Crippen molar-refractivity contribution in [3.8, 4) is 11.4 Å². The Kier molecular flexibility index (Phi) is 6.11. The fourth-order valence-corrected chi connectivity index (χ4v) is 2.53. The van der Waals surface area contributed by atoms with E-state index in [1.165, 1.54) is 0 Å². The van der Waals surface area contributed by atoms with Gasteiger partial charge in [0.1, 0.15) is 12.4 Å². The van der Waals surface area contributed by atoms with Gasteiger partial charge in [0.15, 0.2) is 5.65 Å². The summed E-state index contributed by atoms with van der Waals surface area (Å²) in [6.07, 6.45) is 7.82. The van der Waals surface area contributed by atoms with E-state index in [1.807, 2.05) is 42.5 Å².